The van der Waals surface area contributed by atoms with Crippen LogP contribution in [0.15, 0.2) is 83.8 Å². The van der Waals surface area contributed by atoms with Crippen molar-refractivity contribution in [1.29, 1.82) is 0 Å². The Morgan fingerprint density at radius 2 is 1.50 bits per heavy atom. The third kappa shape index (κ3) is 4.40. The minimum Gasteiger partial charge on any atom is -0.324 e. The maximum Gasteiger partial charge on any atom is 0.264 e. The van der Waals surface area contributed by atoms with E-state index in [1.165, 1.54) is 12.1 Å². The van der Waals surface area contributed by atoms with Crippen LogP contribution in [0, 0.1) is 13.8 Å². The summed E-state index contributed by atoms with van der Waals surface area (Å²) in [7, 11) is -3.89. The molecule has 0 atom stereocenters. The van der Waals surface area contributed by atoms with Gasteiger partial charge in [0.25, 0.3) is 10.0 Å². The summed E-state index contributed by atoms with van der Waals surface area (Å²) in [5.74, 6) is -0.406. The Bertz CT molecular complexity index is 1070. The number of carbonyl (C=O) groups is 1. The fourth-order valence-electron chi connectivity index (χ4n) is 2.82. The molecule has 0 saturated carbocycles. The topological polar surface area (TPSA) is 66.5 Å². The number of aryl methyl sites for hydroxylation is 2. The Morgan fingerprint density at radius 3 is 2.14 bits per heavy atom. The molecule has 0 aliphatic rings. The number of benzene rings is 3. The van der Waals surface area contributed by atoms with Crippen molar-refractivity contribution in [1.82, 2.24) is 0 Å². The van der Waals surface area contributed by atoms with E-state index in [-0.39, 0.29) is 11.4 Å². The summed E-state index contributed by atoms with van der Waals surface area (Å²) >= 11 is 0. The molecule has 144 valence electrons. The number of hydrogen-bond acceptors (Lipinski definition) is 3. The first kappa shape index (κ1) is 19.6. The van der Waals surface area contributed by atoms with Crippen molar-refractivity contribution in [3.63, 3.8) is 0 Å². The molecule has 0 unspecified atom stereocenters. The maximum absolute atomic E-state index is 13.2. The summed E-state index contributed by atoms with van der Waals surface area (Å²) < 4.78 is 27.5. The number of carbonyl (C=O) groups excluding carboxylic acids is 1. The lowest BCUT2D eigenvalue weighted by Gasteiger charge is -2.24. The molecular formula is C22H22N2O3S. The van der Waals surface area contributed by atoms with Gasteiger partial charge in [0.1, 0.15) is 6.54 Å². The first-order valence-electron chi connectivity index (χ1n) is 8.88. The summed E-state index contributed by atoms with van der Waals surface area (Å²) in [6.07, 6.45) is 0. The number of hydrogen-bond donors (Lipinski definition) is 1. The van der Waals surface area contributed by atoms with Crippen molar-refractivity contribution >= 4 is 27.3 Å². The Kier molecular flexibility index (Phi) is 5.80. The van der Waals surface area contributed by atoms with Crippen LogP contribution in [0.4, 0.5) is 11.4 Å². The second kappa shape index (κ2) is 8.27. The van der Waals surface area contributed by atoms with Crippen molar-refractivity contribution in [3.8, 4) is 0 Å². The van der Waals surface area contributed by atoms with Gasteiger partial charge < -0.3 is 5.32 Å². The van der Waals surface area contributed by atoms with Gasteiger partial charge in [-0.2, -0.15) is 0 Å². The molecule has 5 nitrogen and oxygen atoms in total. The van der Waals surface area contributed by atoms with Crippen LogP contribution < -0.4 is 9.62 Å². The summed E-state index contributed by atoms with van der Waals surface area (Å²) in [4.78, 5) is 12.9. The predicted octanol–water partition coefficient (Wildman–Crippen LogP) is 4.14. The van der Waals surface area contributed by atoms with Crippen LogP contribution in [-0.4, -0.2) is 20.9 Å². The van der Waals surface area contributed by atoms with Crippen molar-refractivity contribution < 1.29 is 13.2 Å². The first-order chi connectivity index (χ1) is 13.4. The van der Waals surface area contributed by atoms with E-state index in [0.29, 0.717) is 11.4 Å². The van der Waals surface area contributed by atoms with Crippen molar-refractivity contribution in [3.05, 3.63) is 90.0 Å². The lowest BCUT2D eigenvalue weighted by Crippen LogP contribution is -2.38. The standard InChI is InChI=1S/C22H22N2O3S/c1-17-13-14-18(2)21(15-17)23-22(25)16-24(19-9-5-3-6-10-19)28(26,27)20-11-7-4-8-12-20/h3-15H,16H2,1-2H3,(H,23,25). The molecule has 0 saturated heterocycles. The Balaban J connectivity index is 1.92. The van der Waals surface area contributed by atoms with E-state index in [1.807, 2.05) is 32.0 Å². The maximum atomic E-state index is 13.2. The largest absolute Gasteiger partial charge is 0.324 e. The molecule has 0 fully saturated rings. The van der Waals surface area contributed by atoms with Gasteiger partial charge in [-0.1, -0.05) is 48.5 Å². The highest BCUT2D eigenvalue weighted by molar-refractivity contribution is 7.92. The monoisotopic (exact) mass is 394 g/mol. The minimum absolute atomic E-state index is 0.137. The highest BCUT2D eigenvalue weighted by atomic mass is 32.2. The second-order valence-electron chi connectivity index (χ2n) is 6.53. The molecule has 1 N–H and O–H groups in total. The lowest BCUT2D eigenvalue weighted by atomic mass is 10.1. The number of para-hydroxylation sites is 1. The van der Waals surface area contributed by atoms with Gasteiger partial charge in [-0.25, -0.2) is 8.42 Å². The molecule has 3 aromatic carbocycles. The van der Waals surface area contributed by atoms with Gasteiger partial charge in [0.05, 0.1) is 10.6 Å². The molecule has 1 amide bonds. The molecule has 0 radical (unpaired) electrons. The van der Waals surface area contributed by atoms with Gasteiger partial charge >= 0.3 is 0 Å². The van der Waals surface area contributed by atoms with Crippen LogP contribution in [0.1, 0.15) is 11.1 Å². The molecule has 3 aromatic rings. The second-order valence-corrected chi connectivity index (χ2v) is 8.39. The number of anilines is 2. The van der Waals surface area contributed by atoms with E-state index in [4.69, 9.17) is 0 Å². The predicted molar refractivity (Wildman–Crippen MR) is 112 cm³/mol. The molecule has 6 heteroatoms. The Morgan fingerprint density at radius 1 is 0.893 bits per heavy atom. The SMILES string of the molecule is Cc1ccc(C)c(NC(=O)CN(c2ccccc2)S(=O)(=O)c2ccccc2)c1. The molecule has 0 heterocycles. The number of amides is 1. The molecule has 0 bridgehead atoms. The molecule has 28 heavy (non-hydrogen) atoms. The zero-order chi connectivity index (χ0) is 20.1. The van der Waals surface area contributed by atoms with Crippen LogP contribution in [0.25, 0.3) is 0 Å². The molecular weight excluding hydrogens is 372 g/mol. The molecule has 3 rings (SSSR count). The highest BCUT2D eigenvalue weighted by Gasteiger charge is 2.27. The van der Waals surface area contributed by atoms with Crippen molar-refractivity contribution in [2.45, 2.75) is 18.7 Å². The van der Waals surface area contributed by atoms with Gasteiger partial charge in [-0.15, -0.1) is 0 Å². The first-order valence-corrected chi connectivity index (χ1v) is 10.3. The normalized spacial score (nSPS) is 11.1. The van der Waals surface area contributed by atoms with Gasteiger partial charge in [-0.3, -0.25) is 9.10 Å². The van der Waals surface area contributed by atoms with Gasteiger partial charge in [-0.05, 0) is 55.3 Å². The van der Waals surface area contributed by atoms with Gasteiger partial charge in [0.15, 0.2) is 0 Å². The molecule has 0 aromatic heterocycles. The third-order valence-electron chi connectivity index (χ3n) is 4.33. The highest BCUT2D eigenvalue weighted by Crippen LogP contribution is 2.24. The van der Waals surface area contributed by atoms with E-state index in [1.54, 1.807) is 48.5 Å². The number of rotatable bonds is 6. The van der Waals surface area contributed by atoms with Gasteiger partial charge in [0, 0.05) is 5.69 Å². The van der Waals surface area contributed by atoms with Gasteiger partial charge in [0.2, 0.25) is 5.91 Å². The van der Waals surface area contributed by atoms with E-state index < -0.39 is 15.9 Å². The Hall–Kier alpha value is -3.12. The van der Waals surface area contributed by atoms with E-state index >= 15 is 0 Å². The molecule has 0 aliphatic carbocycles. The minimum atomic E-state index is -3.89. The van der Waals surface area contributed by atoms with Crippen LogP contribution in [0.3, 0.4) is 0 Å². The average molecular weight is 394 g/mol. The average Bonchev–Trinajstić information content (AvgIpc) is 2.70. The van der Waals surface area contributed by atoms with Crippen molar-refractivity contribution in [2.24, 2.45) is 0 Å². The van der Waals surface area contributed by atoms with Crippen LogP contribution in [-0.2, 0) is 14.8 Å². The molecule has 0 aliphatic heterocycles. The van der Waals surface area contributed by atoms with E-state index in [0.717, 1.165) is 15.4 Å². The molecule has 0 spiro atoms. The summed E-state index contributed by atoms with van der Waals surface area (Å²) in [6, 6.07) is 22.5. The summed E-state index contributed by atoms with van der Waals surface area (Å²) in [5.41, 5.74) is 3.03. The number of sulfonamides is 1. The summed E-state index contributed by atoms with van der Waals surface area (Å²) in [5, 5.41) is 2.83. The number of nitrogens with one attached hydrogen (secondary N) is 1. The Labute approximate surface area is 165 Å². The number of nitrogens with zero attached hydrogens (tertiary/aromatic N) is 1. The van der Waals surface area contributed by atoms with Crippen molar-refractivity contribution in [2.75, 3.05) is 16.2 Å². The zero-order valence-corrected chi connectivity index (χ0v) is 16.6. The zero-order valence-electron chi connectivity index (χ0n) is 15.8. The van der Waals surface area contributed by atoms with Crippen LogP contribution in [0.2, 0.25) is 0 Å². The fourth-order valence-corrected chi connectivity index (χ4v) is 4.26. The van der Waals surface area contributed by atoms with E-state index in [2.05, 4.69) is 5.32 Å². The third-order valence-corrected chi connectivity index (χ3v) is 6.12. The van der Waals surface area contributed by atoms with E-state index in [9.17, 15) is 13.2 Å². The summed E-state index contributed by atoms with van der Waals surface area (Å²) in [6.45, 7) is 3.50. The quantitative estimate of drug-likeness (QED) is 0.683. The lowest BCUT2D eigenvalue weighted by molar-refractivity contribution is -0.114. The van der Waals surface area contributed by atoms with Crippen LogP contribution >= 0.6 is 0 Å². The fraction of sp³-hybridized carbons (Fsp3) is 0.136. The van der Waals surface area contributed by atoms with Crippen LogP contribution in [0.5, 0.6) is 0 Å². The smallest absolute Gasteiger partial charge is 0.264 e.